The molecule has 2 aromatic rings. The highest BCUT2D eigenvalue weighted by molar-refractivity contribution is 6.35. The zero-order chi connectivity index (χ0) is 14.0. The van der Waals surface area contributed by atoms with Gasteiger partial charge in [0.2, 0.25) is 5.95 Å². The predicted molar refractivity (Wildman–Crippen MR) is 77.0 cm³/mol. The molecule has 1 aromatic heterocycles. The Morgan fingerprint density at radius 3 is 2.32 bits per heavy atom. The number of rotatable bonds is 3. The van der Waals surface area contributed by atoms with Gasteiger partial charge in [0.1, 0.15) is 5.82 Å². The summed E-state index contributed by atoms with van der Waals surface area (Å²) in [5.74, 6) is 0.360. The molecule has 1 heterocycles. The van der Waals surface area contributed by atoms with Crippen molar-refractivity contribution < 1.29 is 4.74 Å². The summed E-state index contributed by atoms with van der Waals surface area (Å²) in [7, 11) is 1.56. The normalized spacial score (nSPS) is 10.7. The van der Waals surface area contributed by atoms with E-state index in [1.165, 1.54) is 0 Å². The fraction of sp³-hybridized carbons (Fsp3) is 0.167. The molecule has 4 N–H and O–H groups in total. The third-order valence-electron chi connectivity index (χ3n) is 2.46. The molecule has 0 unspecified atom stereocenters. The van der Waals surface area contributed by atoms with E-state index in [9.17, 15) is 0 Å². The number of nitrogen functional groups attached to an aromatic ring is 2. The molecule has 0 spiro atoms. The van der Waals surface area contributed by atoms with Gasteiger partial charge in [-0.25, -0.2) is 4.98 Å². The van der Waals surface area contributed by atoms with E-state index in [0.29, 0.717) is 21.3 Å². The van der Waals surface area contributed by atoms with E-state index in [4.69, 9.17) is 39.4 Å². The Hall–Kier alpha value is -1.56. The number of anilines is 2. The van der Waals surface area contributed by atoms with Crippen molar-refractivity contribution in [1.82, 2.24) is 9.97 Å². The summed E-state index contributed by atoms with van der Waals surface area (Å²) in [6.07, 6.45) is 0. The molecule has 0 atom stereocenters. The van der Waals surface area contributed by atoms with Crippen LogP contribution in [0.5, 0.6) is 0 Å². The van der Waals surface area contributed by atoms with Crippen molar-refractivity contribution >= 4 is 35.0 Å². The van der Waals surface area contributed by atoms with Gasteiger partial charge >= 0.3 is 0 Å². The Balaban J connectivity index is 2.65. The monoisotopic (exact) mass is 298 g/mol. The zero-order valence-corrected chi connectivity index (χ0v) is 11.7. The van der Waals surface area contributed by atoms with E-state index in [1.54, 1.807) is 25.3 Å². The van der Waals surface area contributed by atoms with Gasteiger partial charge in [-0.05, 0) is 23.8 Å². The number of halogens is 2. The van der Waals surface area contributed by atoms with Gasteiger partial charge in [-0.3, -0.25) is 0 Å². The second-order valence-corrected chi connectivity index (χ2v) is 4.75. The van der Waals surface area contributed by atoms with Gasteiger partial charge in [-0.1, -0.05) is 23.2 Å². The number of nitrogens with zero attached hydrogens (tertiary/aromatic N) is 2. The summed E-state index contributed by atoms with van der Waals surface area (Å²) in [6.45, 7) is 0.260. The quantitative estimate of drug-likeness (QED) is 0.910. The Morgan fingerprint density at radius 1 is 1.11 bits per heavy atom. The maximum Gasteiger partial charge on any atom is 0.222 e. The highest BCUT2D eigenvalue weighted by Gasteiger charge is 2.14. The highest BCUT2D eigenvalue weighted by Crippen LogP contribution is 2.32. The molecule has 0 aliphatic carbocycles. The number of nitrogens with two attached hydrogens (primary N) is 2. The summed E-state index contributed by atoms with van der Waals surface area (Å²) in [6, 6.07) is 5.10. The van der Waals surface area contributed by atoms with E-state index < -0.39 is 0 Å². The molecule has 7 heteroatoms. The van der Waals surface area contributed by atoms with Gasteiger partial charge in [-0.2, -0.15) is 4.98 Å². The summed E-state index contributed by atoms with van der Waals surface area (Å²) in [5.41, 5.74) is 13.4. The smallest absolute Gasteiger partial charge is 0.222 e. The fourth-order valence-corrected chi connectivity index (χ4v) is 2.33. The van der Waals surface area contributed by atoms with Crippen LogP contribution in [0.1, 0.15) is 5.69 Å². The fourth-order valence-electron chi connectivity index (χ4n) is 1.80. The van der Waals surface area contributed by atoms with Gasteiger partial charge in [0.15, 0.2) is 0 Å². The van der Waals surface area contributed by atoms with Crippen LogP contribution in [0.2, 0.25) is 10.0 Å². The van der Waals surface area contributed by atoms with E-state index in [1.807, 2.05) is 0 Å². The average molecular weight is 299 g/mol. The van der Waals surface area contributed by atoms with Gasteiger partial charge in [0.25, 0.3) is 0 Å². The number of ether oxygens (including phenoxy) is 1. The largest absolute Gasteiger partial charge is 0.383 e. The standard InChI is InChI=1S/C12H12Cl2N4O/c1-19-5-9-10(11(15)18-12(16)17-9)6-2-7(13)4-8(14)3-6/h2-4H,5H2,1H3,(H4,15,16,17,18). The molecule has 0 aliphatic rings. The van der Waals surface area contributed by atoms with Crippen molar-refractivity contribution in [1.29, 1.82) is 0 Å². The first kappa shape index (κ1) is 13.9. The molecule has 0 bridgehead atoms. The third-order valence-corrected chi connectivity index (χ3v) is 2.90. The molecule has 0 amide bonds. The summed E-state index contributed by atoms with van der Waals surface area (Å²) in [5, 5.41) is 1.00. The van der Waals surface area contributed by atoms with Crippen LogP contribution < -0.4 is 11.5 Å². The Bertz CT molecular complexity index is 599. The van der Waals surface area contributed by atoms with E-state index >= 15 is 0 Å². The molecule has 0 saturated carbocycles. The lowest BCUT2D eigenvalue weighted by Gasteiger charge is -2.12. The first-order chi connectivity index (χ1) is 9.01. The van der Waals surface area contributed by atoms with Gasteiger partial charge < -0.3 is 16.2 Å². The minimum absolute atomic E-state index is 0.0985. The van der Waals surface area contributed by atoms with Crippen LogP contribution in [0.25, 0.3) is 11.1 Å². The van der Waals surface area contributed by atoms with E-state index in [2.05, 4.69) is 9.97 Å². The zero-order valence-electron chi connectivity index (χ0n) is 10.2. The van der Waals surface area contributed by atoms with Crippen molar-refractivity contribution in [3.63, 3.8) is 0 Å². The molecule has 0 radical (unpaired) electrons. The number of methoxy groups -OCH3 is 1. The van der Waals surface area contributed by atoms with Gasteiger partial charge in [0, 0.05) is 22.7 Å². The Labute approximate surface area is 120 Å². The lowest BCUT2D eigenvalue weighted by atomic mass is 10.0. The minimum atomic E-state index is 0.0985. The van der Waals surface area contributed by atoms with Crippen molar-refractivity contribution in [3.8, 4) is 11.1 Å². The first-order valence-electron chi connectivity index (χ1n) is 5.38. The Morgan fingerprint density at radius 2 is 1.74 bits per heavy atom. The number of benzene rings is 1. The molecule has 5 nitrogen and oxygen atoms in total. The summed E-state index contributed by atoms with van der Waals surface area (Å²) >= 11 is 12.0. The minimum Gasteiger partial charge on any atom is -0.383 e. The molecule has 0 aliphatic heterocycles. The van der Waals surface area contributed by atoms with Crippen LogP contribution in [0.3, 0.4) is 0 Å². The SMILES string of the molecule is COCc1nc(N)nc(N)c1-c1cc(Cl)cc(Cl)c1. The summed E-state index contributed by atoms with van der Waals surface area (Å²) < 4.78 is 5.09. The second-order valence-electron chi connectivity index (χ2n) is 3.88. The van der Waals surface area contributed by atoms with Crippen molar-refractivity contribution in [2.24, 2.45) is 0 Å². The van der Waals surface area contributed by atoms with Crippen molar-refractivity contribution in [3.05, 3.63) is 33.9 Å². The molecule has 0 saturated heterocycles. The number of hydrogen-bond donors (Lipinski definition) is 2. The van der Waals surface area contributed by atoms with Crippen LogP contribution in [-0.4, -0.2) is 17.1 Å². The molecule has 0 fully saturated rings. The molecule has 19 heavy (non-hydrogen) atoms. The van der Waals surface area contributed by atoms with Crippen molar-refractivity contribution in [2.75, 3.05) is 18.6 Å². The highest BCUT2D eigenvalue weighted by atomic mass is 35.5. The third kappa shape index (κ3) is 3.07. The summed E-state index contributed by atoms with van der Waals surface area (Å²) in [4.78, 5) is 8.09. The molecule has 2 rings (SSSR count). The molecular weight excluding hydrogens is 287 g/mol. The van der Waals surface area contributed by atoms with Crippen LogP contribution in [0.15, 0.2) is 18.2 Å². The van der Waals surface area contributed by atoms with E-state index in [-0.39, 0.29) is 18.4 Å². The molecule has 1 aromatic carbocycles. The lowest BCUT2D eigenvalue weighted by Crippen LogP contribution is -2.07. The van der Waals surface area contributed by atoms with Crippen LogP contribution >= 0.6 is 23.2 Å². The molecular formula is C12H12Cl2N4O. The first-order valence-corrected chi connectivity index (χ1v) is 6.14. The maximum atomic E-state index is 5.99. The van der Waals surface area contributed by atoms with E-state index in [0.717, 1.165) is 5.56 Å². The predicted octanol–water partition coefficient (Wildman–Crippen LogP) is 2.76. The number of hydrogen-bond acceptors (Lipinski definition) is 5. The van der Waals surface area contributed by atoms with Crippen LogP contribution in [0.4, 0.5) is 11.8 Å². The maximum absolute atomic E-state index is 5.99. The topological polar surface area (TPSA) is 87.0 Å². The Kier molecular flexibility index (Phi) is 4.09. The van der Waals surface area contributed by atoms with Crippen LogP contribution in [-0.2, 0) is 11.3 Å². The van der Waals surface area contributed by atoms with Crippen LogP contribution in [0, 0.1) is 0 Å². The van der Waals surface area contributed by atoms with Gasteiger partial charge in [0.05, 0.1) is 12.3 Å². The molecule has 100 valence electrons. The second kappa shape index (κ2) is 5.61. The lowest BCUT2D eigenvalue weighted by molar-refractivity contribution is 0.182. The number of aromatic nitrogens is 2. The van der Waals surface area contributed by atoms with Crippen molar-refractivity contribution in [2.45, 2.75) is 6.61 Å². The average Bonchev–Trinajstić information content (AvgIpc) is 2.26. The van der Waals surface area contributed by atoms with Gasteiger partial charge in [-0.15, -0.1) is 0 Å².